The second kappa shape index (κ2) is 9.71. The van der Waals surface area contributed by atoms with Crippen LogP contribution in [0.2, 0.25) is 10.2 Å². The predicted molar refractivity (Wildman–Crippen MR) is 117 cm³/mol. The van der Waals surface area contributed by atoms with Crippen molar-refractivity contribution < 1.29 is 14.3 Å². The lowest BCUT2D eigenvalue weighted by Gasteiger charge is -2.38. The summed E-state index contributed by atoms with van der Waals surface area (Å²) in [6.45, 7) is 1.47. The van der Waals surface area contributed by atoms with Crippen molar-refractivity contribution in [2.75, 3.05) is 13.7 Å². The number of aromatic nitrogens is 2. The van der Waals surface area contributed by atoms with Crippen molar-refractivity contribution in [3.8, 4) is 6.07 Å². The van der Waals surface area contributed by atoms with Gasteiger partial charge in [-0.15, -0.1) is 0 Å². The Balaban J connectivity index is 1.68. The van der Waals surface area contributed by atoms with Crippen LogP contribution in [0.3, 0.4) is 0 Å². The Morgan fingerprint density at radius 1 is 1.26 bits per heavy atom. The molecule has 0 spiro atoms. The highest BCUT2D eigenvalue weighted by Crippen LogP contribution is 2.32. The molecule has 2 aromatic rings. The highest BCUT2D eigenvalue weighted by atomic mass is 35.5. The molecular formula is C22H24Cl2N4O3. The number of aryl methyl sites for hydroxylation is 1. The van der Waals surface area contributed by atoms with Crippen LogP contribution in [0.4, 0.5) is 0 Å². The highest BCUT2D eigenvalue weighted by molar-refractivity contribution is 6.33. The molecule has 0 aliphatic heterocycles. The number of nitriles is 1. The molecule has 0 unspecified atom stereocenters. The zero-order valence-corrected chi connectivity index (χ0v) is 19.0. The summed E-state index contributed by atoms with van der Waals surface area (Å²) in [7, 11) is 1.59. The number of carbonyl (C=O) groups is 2. The Labute approximate surface area is 191 Å². The molecule has 0 N–H and O–H groups in total. The molecule has 164 valence electrons. The van der Waals surface area contributed by atoms with Gasteiger partial charge in [-0.1, -0.05) is 60.7 Å². The van der Waals surface area contributed by atoms with Gasteiger partial charge in [0.1, 0.15) is 16.3 Å². The van der Waals surface area contributed by atoms with Gasteiger partial charge in [-0.05, 0) is 31.4 Å². The maximum Gasteiger partial charge on any atom is 0.343 e. The van der Waals surface area contributed by atoms with Crippen LogP contribution in [0.5, 0.6) is 0 Å². The third kappa shape index (κ3) is 4.86. The number of likely N-dealkylation sites (N-methyl/N-ethyl adjacent to an activating group) is 1. The van der Waals surface area contributed by atoms with Crippen molar-refractivity contribution in [3.63, 3.8) is 0 Å². The van der Waals surface area contributed by atoms with Crippen molar-refractivity contribution in [1.29, 1.82) is 5.26 Å². The first-order valence-corrected chi connectivity index (χ1v) is 10.9. The van der Waals surface area contributed by atoms with Crippen LogP contribution in [0.25, 0.3) is 0 Å². The largest absolute Gasteiger partial charge is 0.452 e. The van der Waals surface area contributed by atoms with Gasteiger partial charge in [0.15, 0.2) is 6.61 Å². The Morgan fingerprint density at radius 3 is 2.58 bits per heavy atom. The van der Waals surface area contributed by atoms with Gasteiger partial charge in [0.25, 0.3) is 5.91 Å². The van der Waals surface area contributed by atoms with Gasteiger partial charge in [-0.3, -0.25) is 4.79 Å². The number of nitrogens with zero attached hydrogens (tertiary/aromatic N) is 4. The van der Waals surface area contributed by atoms with Crippen molar-refractivity contribution >= 4 is 35.1 Å². The third-order valence-electron chi connectivity index (χ3n) is 5.78. The fourth-order valence-corrected chi connectivity index (χ4v) is 4.38. The van der Waals surface area contributed by atoms with E-state index in [1.54, 1.807) is 20.0 Å². The number of benzene rings is 1. The second-order valence-corrected chi connectivity index (χ2v) is 8.50. The Kier molecular flexibility index (Phi) is 7.24. The van der Waals surface area contributed by atoms with E-state index >= 15 is 0 Å². The van der Waals surface area contributed by atoms with Crippen molar-refractivity contribution in [3.05, 3.63) is 51.3 Å². The number of esters is 1. The normalized spacial score (nSPS) is 15.2. The van der Waals surface area contributed by atoms with E-state index in [-0.39, 0.29) is 10.7 Å². The minimum Gasteiger partial charge on any atom is -0.452 e. The second-order valence-electron chi connectivity index (χ2n) is 7.73. The van der Waals surface area contributed by atoms with Crippen molar-refractivity contribution in [1.82, 2.24) is 14.7 Å². The smallest absolute Gasteiger partial charge is 0.343 e. The Hall–Kier alpha value is -2.56. The molecule has 31 heavy (non-hydrogen) atoms. The molecule has 1 aromatic heterocycles. The summed E-state index contributed by atoms with van der Waals surface area (Å²) in [5.41, 5.74) is 0.467. The molecule has 1 saturated carbocycles. The highest BCUT2D eigenvalue weighted by Gasteiger charge is 2.39. The van der Waals surface area contributed by atoms with E-state index in [2.05, 4.69) is 11.2 Å². The molecule has 3 rings (SSSR count). The predicted octanol–water partition coefficient (Wildman–Crippen LogP) is 4.39. The molecule has 0 saturated heterocycles. The number of carbonyl (C=O) groups excluding carboxylic acids is 2. The number of halogens is 2. The first-order chi connectivity index (χ1) is 14.8. The quantitative estimate of drug-likeness (QED) is 0.593. The molecule has 1 aliphatic rings. The lowest BCUT2D eigenvalue weighted by molar-refractivity contribution is -0.138. The van der Waals surface area contributed by atoms with Gasteiger partial charge >= 0.3 is 5.97 Å². The number of hydrogen-bond acceptors (Lipinski definition) is 5. The summed E-state index contributed by atoms with van der Waals surface area (Å²) in [4.78, 5) is 26.7. The van der Waals surface area contributed by atoms with E-state index < -0.39 is 24.0 Å². The summed E-state index contributed by atoms with van der Waals surface area (Å²) in [6, 6.07) is 9.57. The van der Waals surface area contributed by atoms with E-state index in [1.807, 2.05) is 18.2 Å². The Morgan fingerprint density at radius 2 is 1.94 bits per heavy atom. The van der Waals surface area contributed by atoms with Crippen molar-refractivity contribution in [2.24, 2.45) is 0 Å². The number of rotatable bonds is 6. The molecule has 9 heteroatoms. The first kappa shape index (κ1) is 23.1. The van der Waals surface area contributed by atoms with Gasteiger partial charge in [0.05, 0.1) is 18.3 Å². The first-order valence-electron chi connectivity index (χ1n) is 10.1. The van der Waals surface area contributed by atoms with Crippen molar-refractivity contribution in [2.45, 2.75) is 51.1 Å². The maximum absolute atomic E-state index is 12.6. The van der Waals surface area contributed by atoms with Gasteiger partial charge in [-0.25, -0.2) is 9.48 Å². The molecule has 1 fully saturated rings. The molecule has 1 amide bonds. The minimum atomic E-state index is -0.838. The van der Waals surface area contributed by atoms with Crippen LogP contribution in [0.1, 0.15) is 53.7 Å². The van der Waals surface area contributed by atoms with Crippen LogP contribution < -0.4 is 0 Å². The fourth-order valence-electron chi connectivity index (χ4n) is 3.87. The Bertz CT molecular complexity index is 1020. The molecule has 0 bridgehead atoms. The van der Waals surface area contributed by atoms with Gasteiger partial charge < -0.3 is 9.64 Å². The van der Waals surface area contributed by atoms with E-state index in [4.69, 9.17) is 27.9 Å². The summed E-state index contributed by atoms with van der Waals surface area (Å²) < 4.78 is 6.70. The van der Waals surface area contributed by atoms with Gasteiger partial charge in [-0.2, -0.15) is 10.4 Å². The van der Waals surface area contributed by atoms with Crippen LogP contribution in [-0.4, -0.2) is 45.8 Å². The van der Waals surface area contributed by atoms with E-state index in [0.29, 0.717) is 30.1 Å². The molecule has 1 heterocycles. The summed E-state index contributed by atoms with van der Waals surface area (Å²) in [5.74, 6) is -1.15. The molecule has 0 radical (unpaired) electrons. The van der Waals surface area contributed by atoms with E-state index in [9.17, 15) is 14.9 Å². The third-order valence-corrected chi connectivity index (χ3v) is 6.53. The van der Waals surface area contributed by atoms with Crippen LogP contribution in [-0.2, 0) is 16.1 Å². The monoisotopic (exact) mass is 462 g/mol. The number of amides is 1. The summed E-state index contributed by atoms with van der Waals surface area (Å²) in [6.07, 6.45) is 4.09. The fraction of sp³-hybridized carbons (Fsp3) is 0.455. The number of hydrogen-bond donors (Lipinski definition) is 0. The van der Waals surface area contributed by atoms with Gasteiger partial charge in [0.2, 0.25) is 0 Å². The standard InChI is InChI=1S/C22H24Cl2N4O3/c1-15-19(20(24)28(26-15)12-16-8-4-5-9-17(16)23)21(30)31-13-18(29)27(2)22(14-25)10-6-3-7-11-22/h4-5,8-9H,3,6-7,10-13H2,1-2H3. The molecule has 0 atom stereocenters. The SMILES string of the molecule is Cc1nn(Cc2ccccc2Cl)c(Cl)c1C(=O)OCC(=O)N(C)C1(C#N)CCCCC1. The molecule has 1 aliphatic carbocycles. The minimum absolute atomic E-state index is 0.108. The average Bonchev–Trinajstić information content (AvgIpc) is 3.06. The van der Waals surface area contributed by atoms with Crippen LogP contribution >= 0.6 is 23.2 Å². The number of ether oxygens (including phenoxy) is 1. The van der Waals surface area contributed by atoms with Crippen LogP contribution in [0, 0.1) is 18.3 Å². The summed E-state index contributed by atoms with van der Waals surface area (Å²) in [5, 5.41) is 14.6. The topological polar surface area (TPSA) is 88.2 Å². The average molecular weight is 463 g/mol. The summed E-state index contributed by atoms with van der Waals surface area (Å²) >= 11 is 12.6. The van der Waals surface area contributed by atoms with E-state index in [0.717, 1.165) is 24.8 Å². The zero-order valence-electron chi connectivity index (χ0n) is 17.5. The van der Waals surface area contributed by atoms with E-state index in [1.165, 1.54) is 9.58 Å². The maximum atomic E-state index is 12.6. The van der Waals surface area contributed by atoms with Crippen LogP contribution in [0.15, 0.2) is 24.3 Å². The lowest BCUT2D eigenvalue weighted by atomic mass is 9.81. The van der Waals surface area contributed by atoms with Gasteiger partial charge in [0, 0.05) is 12.1 Å². The molecular weight excluding hydrogens is 439 g/mol. The molecule has 7 nitrogen and oxygen atoms in total. The molecule has 1 aromatic carbocycles. The lowest BCUT2D eigenvalue weighted by Crippen LogP contribution is -2.51. The zero-order chi connectivity index (χ0) is 22.6.